The zero-order valence-electron chi connectivity index (χ0n) is 33.2. The number of alkyl carbamates (subject to hydrolysis) is 1. The van der Waals surface area contributed by atoms with E-state index in [1.54, 1.807) is 12.1 Å². The predicted octanol–water partition coefficient (Wildman–Crippen LogP) is 5.10. The van der Waals surface area contributed by atoms with Crippen LogP contribution in [0.4, 0.5) is 4.79 Å². The average molecular weight is 826 g/mol. The summed E-state index contributed by atoms with van der Waals surface area (Å²) in [6.07, 6.45) is 8.67. The van der Waals surface area contributed by atoms with Crippen LogP contribution < -0.4 is 25.3 Å². The number of primary amides is 1. The molecule has 7 atom stereocenters. The Balaban J connectivity index is 1.00. The Morgan fingerprint density at radius 1 is 1.03 bits per heavy atom. The second-order valence-corrected chi connectivity index (χ2v) is 16.5. The molecule has 7 rings (SSSR count). The zero-order chi connectivity index (χ0) is 40.8. The molecule has 2 saturated heterocycles. The van der Waals surface area contributed by atoms with Crippen molar-refractivity contribution >= 4 is 46.4 Å². The van der Waals surface area contributed by atoms with E-state index in [4.69, 9.17) is 46.1 Å². The molecule has 58 heavy (non-hydrogen) atoms. The van der Waals surface area contributed by atoms with Crippen molar-refractivity contribution in [3.8, 4) is 17.4 Å². The van der Waals surface area contributed by atoms with E-state index in [9.17, 15) is 19.2 Å². The Kier molecular flexibility index (Phi) is 13.8. The lowest BCUT2D eigenvalue weighted by Gasteiger charge is -2.28. The van der Waals surface area contributed by atoms with E-state index >= 15 is 0 Å². The molecule has 0 bridgehead atoms. The number of aromatic nitrogens is 1. The van der Waals surface area contributed by atoms with Crippen LogP contribution in [0.2, 0.25) is 5.02 Å². The van der Waals surface area contributed by atoms with Crippen LogP contribution in [0.15, 0.2) is 29.8 Å². The number of amides is 3. The Hall–Kier alpha value is -4.34. The fourth-order valence-corrected chi connectivity index (χ4v) is 8.87. The van der Waals surface area contributed by atoms with Gasteiger partial charge >= 0.3 is 12.1 Å². The SMILES string of the molecule is CCOc1cc(OC2C[C@@H](C(N)=O)N(C(=O)[C@H](CCCCCCC[C@@H]3C[C@@H]3C(=O)O)NC(=O)O[C@@H]3CC4=C[C@@H]4C3)C2)c2ccc(OCCN3CCOCC3)c(Cl)c2n1. The number of aliphatic carboxylic acids is 1. The Bertz CT molecular complexity index is 1860. The first kappa shape index (κ1) is 41.8. The lowest BCUT2D eigenvalue weighted by atomic mass is 10.0. The predicted molar refractivity (Wildman–Crippen MR) is 214 cm³/mol. The summed E-state index contributed by atoms with van der Waals surface area (Å²) < 4.78 is 29.6. The number of rotatable bonds is 21. The normalized spacial score (nSPS) is 25.4. The van der Waals surface area contributed by atoms with Gasteiger partial charge in [0.15, 0.2) is 0 Å². The van der Waals surface area contributed by atoms with Crippen LogP contribution >= 0.6 is 11.6 Å². The van der Waals surface area contributed by atoms with Gasteiger partial charge in [-0.1, -0.05) is 55.4 Å². The zero-order valence-corrected chi connectivity index (χ0v) is 34.0. The molecule has 1 aromatic carbocycles. The Morgan fingerprint density at radius 3 is 2.55 bits per heavy atom. The van der Waals surface area contributed by atoms with E-state index in [-0.39, 0.29) is 30.9 Å². The second kappa shape index (κ2) is 19.2. The topological polar surface area (TPSA) is 192 Å². The van der Waals surface area contributed by atoms with Gasteiger partial charge in [0.05, 0.1) is 32.3 Å². The van der Waals surface area contributed by atoms with Crippen LogP contribution in [0, 0.1) is 17.8 Å². The van der Waals surface area contributed by atoms with Crippen molar-refractivity contribution < 1.29 is 48.0 Å². The average Bonchev–Trinajstić information content (AvgIpc) is 4.06. The molecule has 3 heterocycles. The van der Waals surface area contributed by atoms with Crippen molar-refractivity contribution in [1.29, 1.82) is 0 Å². The van der Waals surface area contributed by atoms with Gasteiger partial charge in [-0.15, -0.1) is 0 Å². The fourth-order valence-electron chi connectivity index (χ4n) is 8.61. The van der Waals surface area contributed by atoms with E-state index in [0.29, 0.717) is 84.9 Å². The second-order valence-electron chi connectivity index (χ2n) is 16.2. The van der Waals surface area contributed by atoms with Gasteiger partial charge in [0.2, 0.25) is 17.7 Å². The van der Waals surface area contributed by atoms with Gasteiger partial charge in [-0.2, -0.15) is 0 Å². The first-order valence-corrected chi connectivity index (χ1v) is 21.3. The molecular formula is C42H56ClN5O10. The summed E-state index contributed by atoms with van der Waals surface area (Å²) in [6, 6.07) is 3.37. The summed E-state index contributed by atoms with van der Waals surface area (Å²) in [4.78, 5) is 59.8. The number of likely N-dealkylation sites (tertiary alicyclic amines) is 1. The summed E-state index contributed by atoms with van der Waals surface area (Å²) in [5, 5.41) is 12.9. The number of carboxylic acid groups (broad SMARTS) is 1. The molecule has 4 N–H and O–H groups in total. The molecule has 0 spiro atoms. The van der Waals surface area contributed by atoms with Gasteiger partial charge in [0, 0.05) is 49.8 Å². The molecule has 0 radical (unpaired) electrons. The molecule has 3 amide bonds. The molecule has 16 heteroatoms. The summed E-state index contributed by atoms with van der Waals surface area (Å²) in [5.74, 6) is -0.0903. The number of hydrogen-bond acceptors (Lipinski definition) is 11. The van der Waals surface area contributed by atoms with Crippen LogP contribution in [0.25, 0.3) is 10.9 Å². The third-order valence-corrected chi connectivity index (χ3v) is 12.4. The molecule has 2 aromatic rings. The monoisotopic (exact) mass is 825 g/mol. The number of nitrogens with zero attached hydrogens (tertiary/aromatic N) is 3. The quantitative estimate of drug-likeness (QED) is 0.112. The van der Waals surface area contributed by atoms with E-state index in [2.05, 4.69) is 21.3 Å². The third kappa shape index (κ3) is 10.6. The van der Waals surface area contributed by atoms with Crippen molar-refractivity contribution in [2.75, 3.05) is 52.6 Å². The van der Waals surface area contributed by atoms with Crippen LogP contribution in [-0.4, -0.2) is 121 Å². The third-order valence-electron chi connectivity index (χ3n) is 12.0. The maximum absolute atomic E-state index is 14.3. The molecule has 4 fully saturated rings. The summed E-state index contributed by atoms with van der Waals surface area (Å²) in [6.45, 7) is 6.51. The lowest BCUT2D eigenvalue weighted by molar-refractivity contribution is -0.139. The van der Waals surface area contributed by atoms with Gasteiger partial charge < -0.3 is 44.7 Å². The van der Waals surface area contributed by atoms with Gasteiger partial charge in [-0.05, 0) is 50.7 Å². The number of benzene rings is 1. The molecule has 1 unspecified atom stereocenters. The molecule has 3 aliphatic carbocycles. The van der Waals surface area contributed by atoms with Gasteiger partial charge in [0.25, 0.3) is 0 Å². The number of pyridine rings is 1. The van der Waals surface area contributed by atoms with E-state index in [0.717, 1.165) is 64.6 Å². The molecule has 316 valence electrons. The molecule has 1 aromatic heterocycles. The van der Waals surface area contributed by atoms with E-state index < -0.39 is 42.1 Å². The van der Waals surface area contributed by atoms with Crippen molar-refractivity contribution in [3.63, 3.8) is 0 Å². The van der Waals surface area contributed by atoms with E-state index in [1.165, 1.54) is 10.5 Å². The molecule has 2 aliphatic heterocycles. The number of nitrogens with one attached hydrogen (secondary N) is 1. The maximum Gasteiger partial charge on any atom is 0.408 e. The summed E-state index contributed by atoms with van der Waals surface area (Å²) >= 11 is 6.89. The molecular weight excluding hydrogens is 770 g/mol. The fraction of sp³-hybridized carbons (Fsp3) is 0.643. The highest BCUT2D eigenvalue weighted by molar-refractivity contribution is 6.36. The minimum absolute atomic E-state index is 0.0564. The number of carbonyl (C=O) groups excluding carboxylic acids is 3. The number of carbonyl (C=O) groups is 4. The van der Waals surface area contributed by atoms with Crippen LogP contribution in [0.1, 0.15) is 77.6 Å². The number of morpholine rings is 1. The smallest absolute Gasteiger partial charge is 0.408 e. The highest BCUT2D eigenvalue weighted by Gasteiger charge is 2.44. The Labute approximate surface area is 343 Å². The van der Waals surface area contributed by atoms with Crippen LogP contribution in [-0.2, 0) is 23.9 Å². The highest BCUT2D eigenvalue weighted by atomic mass is 35.5. The number of halogens is 1. The number of fused-ring (bicyclic) bond motifs is 2. The largest absolute Gasteiger partial charge is 0.491 e. The number of nitrogens with two attached hydrogens (primary N) is 1. The number of allylic oxidation sites excluding steroid dienone is 1. The van der Waals surface area contributed by atoms with Crippen molar-refractivity contribution in [1.82, 2.24) is 20.1 Å². The van der Waals surface area contributed by atoms with Crippen LogP contribution in [0.5, 0.6) is 17.4 Å². The van der Waals surface area contributed by atoms with Gasteiger partial charge in [-0.25, -0.2) is 9.78 Å². The standard InChI is InChI=1S/C42H56ClN5O10/c1-2-55-36-23-35(30-10-11-34(37(43)38(30)46-36)56-17-14-47-12-15-54-16-13-47)57-29-22-33(39(44)49)48(24-29)40(50)32(45-42(53)58-28-19-26-18-27(26)20-28)9-7-5-3-4-6-8-25-21-31(25)41(51)52/h10-11,18,23,25-26,28-29,31-33H,2-9,12-17,19-22,24H2,1H3,(H2,44,49)(H,45,53)(H,51,52)/t25-,26-,28+,29?,31+,32+,33+/m1/s1. The Morgan fingerprint density at radius 2 is 1.83 bits per heavy atom. The summed E-state index contributed by atoms with van der Waals surface area (Å²) in [7, 11) is 0. The van der Waals surface area contributed by atoms with Crippen LogP contribution in [0.3, 0.4) is 0 Å². The summed E-state index contributed by atoms with van der Waals surface area (Å²) in [5.41, 5.74) is 7.64. The van der Waals surface area contributed by atoms with Crippen molar-refractivity contribution in [2.45, 2.75) is 102 Å². The van der Waals surface area contributed by atoms with Gasteiger partial charge in [-0.3, -0.25) is 19.3 Å². The number of carboxylic acids is 1. The minimum Gasteiger partial charge on any atom is -0.491 e. The number of ether oxygens (including phenoxy) is 5. The number of hydrogen-bond donors (Lipinski definition) is 3. The first-order valence-electron chi connectivity index (χ1n) is 20.9. The maximum atomic E-state index is 14.3. The minimum atomic E-state index is -0.960. The van der Waals surface area contributed by atoms with E-state index in [1.807, 2.05) is 13.0 Å². The van der Waals surface area contributed by atoms with Crippen molar-refractivity contribution in [2.24, 2.45) is 23.5 Å². The van der Waals surface area contributed by atoms with Gasteiger partial charge in [0.1, 0.15) is 52.9 Å². The van der Waals surface area contributed by atoms with Crippen molar-refractivity contribution in [3.05, 3.63) is 34.9 Å². The highest BCUT2D eigenvalue weighted by Crippen LogP contribution is 2.45. The first-order chi connectivity index (χ1) is 28.1. The molecule has 5 aliphatic rings. The number of unbranched alkanes of at least 4 members (excludes halogenated alkanes) is 4. The molecule has 15 nitrogen and oxygen atoms in total. The molecule has 2 saturated carbocycles. The lowest BCUT2D eigenvalue weighted by Crippen LogP contribution is -2.53.